The predicted molar refractivity (Wildman–Crippen MR) is 37.3 cm³/mol. The maximum Gasteiger partial charge on any atom is 0.508 e. The van der Waals surface area contributed by atoms with Crippen molar-refractivity contribution >= 4 is 6.16 Å². The average molecular weight is 160 g/mol. The first kappa shape index (κ1) is 8.33. The third kappa shape index (κ3) is 2.38. The Balaban J connectivity index is 2.43. The highest BCUT2D eigenvalue weighted by Gasteiger charge is 2.31. The second-order valence-electron chi connectivity index (χ2n) is 2.81. The molecular weight excluding hydrogens is 148 g/mol. The van der Waals surface area contributed by atoms with Crippen LogP contribution in [-0.4, -0.2) is 23.7 Å². The number of hydrogen-bond acceptors (Lipinski definition) is 3. The van der Waals surface area contributed by atoms with Gasteiger partial charge in [0.15, 0.2) is 0 Å². The third-order valence-corrected chi connectivity index (χ3v) is 1.74. The number of rotatable bonds is 1. The van der Waals surface area contributed by atoms with Crippen LogP contribution in [0.2, 0.25) is 0 Å². The molecule has 1 aliphatic heterocycles. The molecule has 1 fully saturated rings. The fraction of sp³-hybridized carbons (Fsp3) is 0.857. The van der Waals surface area contributed by atoms with Gasteiger partial charge < -0.3 is 14.6 Å². The Morgan fingerprint density at radius 1 is 1.64 bits per heavy atom. The highest BCUT2D eigenvalue weighted by molar-refractivity contribution is 5.57. The smallest absolute Gasteiger partial charge is 0.450 e. The summed E-state index contributed by atoms with van der Waals surface area (Å²) in [5.74, 6) is -0.899. The molecule has 1 saturated heterocycles. The first-order valence-corrected chi connectivity index (χ1v) is 3.68. The number of carboxylic acid groups (broad SMARTS) is 1. The minimum Gasteiger partial charge on any atom is -0.450 e. The molecule has 0 saturated carbocycles. The normalized spacial score (nSPS) is 31.4. The lowest BCUT2D eigenvalue weighted by Gasteiger charge is -2.31. The van der Waals surface area contributed by atoms with E-state index in [0.717, 1.165) is 12.8 Å². The van der Waals surface area contributed by atoms with Crippen molar-refractivity contribution in [3.05, 3.63) is 0 Å². The monoisotopic (exact) mass is 160 g/mol. The summed E-state index contributed by atoms with van der Waals surface area (Å²) in [6, 6.07) is 0. The van der Waals surface area contributed by atoms with E-state index in [0.29, 0.717) is 13.0 Å². The van der Waals surface area contributed by atoms with Gasteiger partial charge in [0, 0.05) is 13.3 Å². The van der Waals surface area contributed by atoms with Crippen LogP contribution in [-0.2, 0) is 9.47 Å². The van der Waals surface area contributed by atoms with Crippen molar-refractivity contribution in [2.45, 2.75) is 32.0 Å². The van der Waals surface area contributed by atoms with Crippen LogP contribution in [0.25, 0.3) is 0 Å². The molecule has 1 rings (SSSR count). The number of ether oxygens (including phenoxy) is 2. The lowest BCUT2D eigenvalue weighted by atomic mass is 10.1. The van der Waals surface area contributed by atoms with Crippen molar-refractivity contribution in [1.29, 1.82) is 0 Å². The minimum absolute atomic E-state index is 0.587. The quantitative estimate of drug-likeness (QED) is 0.592. The summed E-state index contributed by atoms with van der Waals surface area (Å²) in [7, 11) is 0. The van der Waals surface area contributed by atoms with Gasteiger partial charge in [0.05, 0.1) is 6.61 Å². The van der Waals surface area contributed by atoms with Gasteiger partial charge in [-0.2, -0.15) is 0 Å². The van der Waals surface area contributed by atoms with Gasteiger partial charge in [-0.15, -0.1) is 0 Å². The van der Waals surface area contributed by atoms with E-state index in [9.17, 15) is 4.79 Å². The Bertz CT molecular complexity index is 149. The molecule has 11 heavy (non-hydrogen) atoms. The SMILES string of the molecule is CC1(OC(=O)O)CCCCO1. The molecule has 0 aromatic rings. The Labute approximate surface area is 65.1 Å². The molecule has 0 aliphatic carbocycles. The molecule has 0 amide bonds. The summed E-state index contributed by atoms with van der Waals surface area (Å²) in [4.78, 5) is 10.2. The molecule has 0 bridgehead atoms. The van der Waals surface area contributed by atoms with E-state index in [1.807, 2.05) is 0 Å². The number of carbonyl (C=O) groups is 1. The van der Waals surface area contributed by atoms with Crippen LogP contribution in [0.5, 0.6) is 0 Å². The fourth-order valence-electron chi connectivity index (χ4n) is 1.17. The molecule has 0 radical (unpaired) electrons. The zero-order valence-corrected chi connectivity index (χ0v) is 6.50. The second-order valence-corrected chi connectivity index (χ2v) is 2.81. The van der Waals surface area contributed by atoms with Crippen molar-refractivity contribution in [2.75, 3.05) is 6.61 Å². The zero-order chi connectivity index (χ0) is 8.32. The van der Waals surface area contributed by atoms with Gasteiger partial charge in [-0.3, -0.25) is 0 Å². The molecule has 64 valence electrons. The maximum absolute atomic E-state index is 10.2. The van der Waals surface area contributed by atoms with E-state index in [2.05, 4.69) is 4.74 Å². The zero-order valence-electron chi connectivity index (χ0n) is 6.50. The summed E-state index contributed by atoms with van der Waals surface area (Å²) in [6.07, 6.45) is 1.33. The molecule has 1 aliphatic rings. The summed E-state index contributed by atoms with van der Waals surface area (Å²) in [6.45, 7) is 2.24. The lowest BCUT2D eigenvalue weighted by molar-refractivity contribution is -0.217. The molecule has 0 spiro atoms. The second kappa shape index (κ2) is 3.09. The van der Waals surface area contributed by atoms with Crippen molar-refractivity contribution < 1.29 is 19.4 Å². The van der Waals surface area contributed by atoms with Crippen LogP contribution in [0, 0.1) is 0 Å². The van der Waals surface area contributed by atoms with Crippen LogP contribution < -0.4 is 0 Å². The van der Waals surface area contributed by atoms with Gasteiger partial charge in [0.1, 0.15) is 0 Å². The fourth-order valence-corrected chi connectivity index (χ4v) is 1.17. The van der Waals surface area contributed by atoms with Gasteiger partial charge in [-0.25, -0.2) is 4.79 Å². The van der Waals surface area contributed by atoms with Gasteiger partial charge in [-0.1, -0.05) is 0 Å². The van der Waals surface area contributed by atoms with E-state index in [4.69, 9.17) is 9.84 Å². The maximum atomic E-state index is 10.2. The van der Waals surface area contributed by atoms with Crippen LogP contribution >= 0.6 is 0 Å². The summed E-state index contributed by atoms with van der Waals surface area (Å²) >= 11 is 0. The van der Waals surface area contributed by atoms with E-state index < -0.39 is 11.9 Å². The van der Waals surface area contributed by atoms with E-state index in [-0.39, 0.29) is 0 Å². The summed E-state index contributed by atoms with van der Waals surface area (Å²) in [5.41, 5.74) is 0. The van der Waals surface area contributed by atoms with Crippen molar-refractivity contribution in [3.8, 4) is 0 Å². The largest absolute Gasteiger partial charge is 0.508 e. The first-order valence-electron chi connectivity index (χ1n) is 3.68. The molecule has 4 heteroatoms. The topological polar surface area (TPSA) is 55.8 Å². The summed E-state index contributed by atoms with van der Waals surface area (Å²) in [5, 5.41) is 8.33. The molecular formula is C7H12O4. The molecule has 0 aromatic heterocycles. The predicted octanol–water partition coefficient (Wildman–Crippen LogP) is 1.60. The van der Waals surface area contributed by atoms with Crippen LogP contribution in [0.3, 0.4) is 0 Å². The molecule has 0 aromatic carbocycles. The van der Waals surface area contributed by atoms with E-state index in [1.165, 1.54) is 0 Å². The molecule has 1 N–H and O–H groups in total. The Morgan fingerprint density at radius 3 is 2.82 bits per heavy atom. The van der Waals surface area contributed by atoms with Crippen LogP contribution in [0.15, 0.2) is 0 Å². The lowest BCUT2D eigenvalue weighted by Crippen LogP contribution is -2.37. The molecule has 4 nitrogen and oxygen atoms in total. The van der Waals surface area contributed by atoms with E-state index >= 15 is 0 Å². The molecule has 1 unspecified atom stereocenters. The van der Waals surface area contributed by atoms with Crippen molar-refractivity contribution in [2.24, 2.45) is 0 Å². The van der Waals surface area contributed by atoms with Crippen LogP contribution in [0.4, 0.5) is 4.79 Å². The highest BCUT2D eigenvalue weighted by Crippen LogP contribution is 2.25. The van der Waals surface area contributed by atoms with Crippen LogP contribution in [0.1, 0.15) is 26.2 Å². The highest BCUT2D eigenvalue weighted by atomic mass is 16.8. The minimum atomic E-state index is -1.27. The Morgan fingerprint density at radius 2 is 2.36 bits per heavy atom. The first-order chi connectivity index (χ1) is 5.12. The third-order valence-electron chi connectivity index (χ3n) is 1.74. The van der Waals surface area contributed by atoms with Crippen molar-refractivity contribution in [3.63, 3.8) is 0 Å². The standard InChI is InChI=1S/C7H12O4/c1-7(11-6(8)9)4-2-3-5-10-7/h2-5H2,1H3,(H,8,9). The number of hydrogen-bond donors (Lipinski definition) is 1. The van der Waals surface area contributed by atoms with E-state index in [1.54, 1.807) is 6.92 Å². The van der Waals surface area contributed by atoms with Gasteiger partial charge in [-0.05, 0) is 12.8 Å². The van der Waals surface area contributed by atoms with Gasteiger partial charge in [0.2, 0.25) is 5.79 Å². The Kier molecular flexibility index (Phi) is 2.34. The molecule has 1 atom stereocenters. The van der Waals surface area contributed by atoms with Gasteiger partial charge >= 0.3 is 6.16 Å². The molecule has 1 heterocycles. The Hall–Kier alpha value is -0.770. The van der Waals surface area contributed by atoms with Crippen molar-refractivity contribution in [1.82, 2.24) is 0 Å². The average Bonchev–Trinajstić information content (AvgIpc) is 1.85. The van der Waals surface area contributed by atoms with Gasteiger partial charge in [0.25, 0.3) is 0 Å². The summed E-state index contributed by atoms with van der Waals surface area (Å²) < 4.78 is 9.75.